The van der Waals surface area contributed by atoms with Crippen LogP contribution in [0.3, 0.4) is 0 Å². The van der Waals surface area contributed by atoms with E-state index in [9.17, 15) is 9.59 Å². The highest BCUT2D eigenvalue weighted by Gasteiger charge is 2.28. The van der Waals surface area contributed by atoms with Gasteiger partial charge >= 0.3 is 0 Å². The van der Waals surface area contributed by atoms with Crippen LogP contribution in [-0.2, 0) is 6.54 Å². The Kier molecular flexibility index (Phi) is 4.93. The molecule has 0 radical (unpaired) electrons. The van der Waals surface area contributed by atoms with Crippen LogP contribution in [-0.4, -0.2) is 31.3 Å². The summed E-state index contributed by atoms with van der Waals surface area (Å²) in [5.41, 5.74) is 8.95. The van der Waals surface area contributed by atoms with Crippen LogP contribution >= 0.6 is 11.3 Å². The van der Waals surface area contributed by atoms with Crippen LogP contribution < -0.4 is 10.9 Å². The lowest BCUT2D eigenvalue weighted by molar-refractivity contribution is 0.0848. The van der Waals surface area contributed by atoms with Crippen molar-refractivity contribution >= 4 is 44.4 Å². The van der Waals surface area contributed by atoms with E-state index in [1.807, 2.05) is 26.8 Å². The minimum atomic E-state index is -0.394. The Morgan fingerprint density at radius 2 is 1.84 bits per heavy atom. The van der Waals surface area contributed by atoms with Gasteiger partial charge in [-0.1, -0.05) is 0 Å². The number of imidazole rings is 1. The third-order valence-electron chi connectivity index (χ3n) is 5.94. The smallest absolute Gasteiger partial charge is 0.280 e. The van der Waals surface area contributed by atoms with Gasteiger partial charge in [-0.15, -0.1) is 11.3 Å². The summed E-state index contributed by atoms with van der Waals surface area (Å²) in [5.74, 6) is 1.46. The number of benzene rings is 1. The molecular weight excluding hydrogens is 424 g/mol. The molecule has 164 valence electrons. The molecule has 1 fully saturated rings. The number of amides is 2. The van der Waals surface area contributed by atoms with Gasteiger partial charge in [0.15, 0.2) is 0 Å². The zero-order chi connectivity index (χ0) is 22.6. The number of thiophene rings is 1. The average Bonchev–Trinajstić information content (AvgIpc) is 3.49. The van der Waals surface area contributed by atoms with E-state index in [-0.39, 0.29) is 5.91 Å². The van der Waals surface area contributed by atoms with Crippen LogP contribution in [0.15, 0.2) is 18.2 Å². The lowest BCUT2D eigenvalue weighted by Crippen LogP contribution is -2.41. The quantitative estimate of drug-likeness (QED) is 0.461. The summed E-state index contributed by atoms with van der Waals surface area (Å²) in [5, 5.41) is 0.920. The maximum atomic E-state index is 12.8. The lowest BCUT2D eigenvalue weighted by atomic mass is 10.1. The minimum absolute atomic E-state index is 0.363. The van der Waals surface area contributed by atoms with Crippen molar-refractivity contribution in [3.63, 3.8) is 0 Å². The summed E-state index contributed by atoms with van der Waals surface area (Å²) >= 11 is 1.33. The first-order chi connectivity index (χ1) is 15.4. The fraction of sp³-hybridized carbons (Fsp3) is 0.348. The van der Waals surface area contributed by atoms with Crippen molar-refractivity contribution in [1.82, 2.24) is 30.4 Å². The summed E-state index contributed by atoms with van der Waals surface area (Å²) in [6.07, 6.45) is 2.25. The molecule has 0 atom stereocenters. The fourth-order valence-corrected chi connectivity index (χ4v) is 5.27. The molecule has 5 rings (SSSR count). The number of hydrogen-bond acceptors (Lipinski definition) is 6. The fourth-order valence-electron chi connectivity index (χ4n) is 4.13. The number of rotatable bonds is 4. The summed E-state index contributed by atoms with van der Waals surface area (Å²) in [4.78, 5) is 40.7. The first-order valence-corrected chi connectivity index (χ1v) is 11.5. The molecule has 1 aliphatic rings. The van der Waals surface area contributed by atoms with Crippen molar-refractivity contribution in [2.45, 2.75) is 53.0 Å². The predicted molar refractivity (Wildman–Crippen MR) is 124 cm³/mol. The first kappa shape index (κ1) is 20.6. The number of nitrogens with one attached hydrogen (secondary N) is 2. The second-order valence-electron chi connectivity index (χ2n) is 8.19. The van der Waals surface area contributed by atoms with Gasteiger partial charge in [-0.25, -0.2) is 15.0 Å². The molecule has 0 unspecified atom stereocenters. The molecule has 4 aromatic rings. The van der Waals surface area contributed by atoms with Crippen LogP contribution in [0.25, 0.3) is 21.3 Å². The van der Waals surface area contributed by atoms with Crippen LogP contribution in [0, 0.1) is 20.8 Å². The van der Waals surface area contributed by atoms with E-state index >= 15 is 0 Å². The minimum Gasteiger partial charge on any atom is -0.329 e. The van der Waals surface area contributed by atoms with Gasteiger partial charge in [0.25, 0.3) is 11.8 Å². The highest BCUT2D eigenvalue weighted by atomic mass is 32.1. The number of hydrogen-bond donors (Lipinski definition) is 2. The van der Waals surface area contributed by atoms with Gasteiger partial charge in [-0.3, -0.25) is 20.4 Å². The van der Waals surface area contributed by atoms with Gasteiger partial charge in [-0.05, 0) is 64.3 Å². The van der Waals surface area contributed by atoms with E-state index in [1.165, 1.54) is 11.3 Å². The van der Waals surface area contributed by atoms with E-state index in [0.717, 1.165) is 63.5 Å². The summed E-state index contributed by atoms with van der Waals surface area (Å²) in [7, 11) is 0. The van der Waals surface area contributed by atoms with E-state index in [0.29, 0.717) is 16.4 Å². The maximum Gasteiger partial charge on any atom is 0.280 e. The number of nitrogens with zero attached hydrogens (tertiary/aromatic N) is 4. The molecule has 32 heavy (non-hydrogen) atoms. The van der Waals surface area contributed by atoms with Crippen molar-refractivity contribution < 1.29 is 9.59 Å². The number of aryl methyl sites for hydroxylation is 4. The van der Waals surface area contributed by atoms with Gasteiger partial charge in [0, 0.05) is 23.4 Å². The Bertz CT molecular complexity index is 1400. The zero-order valence-corrected chi connectivity index (χ0v) is 19.3. The molecule has 3 heterocycles. The normalized spacial score (nSPS) is 13.6. The number of carbonyl (C=O) groups excluding carboxylic acids is 2. The van der Waals surface area contributed by atoms with Crippen LogP contribution in [0.2, 0.25) is 0 Å². The molecule has 9 heteroatoms. The molecule has 1 saturated carbocycles. The van der Waals surface area contributed by atoms with Crippen molar-refractivity contribution in [3.8, 4) is 0 Å². The Labute approximate surface area is 189 Å². The van der Waals surface area contributed by atoms with E-state index in [4.69, 9.17) is 0 Å². The molecule has 8 nitrogen and oxygen atoms in total. The lowest BCUT2D eigenvalue weighted by Gasteiger charge is -2.07. The molecule has 0 spiro atoms. The first-order valence-electron chi connectivity index (χ1n) is 10.7. The van der Waals surface area contributed by atoms with E-state index in [2.05, 4.69) is 37.3 Å². The number of hydrazine groups is 1. The largest absolute Gasteiger partial charge is 0.329 e. The Balaban J connectivity index is 1.34. The van der Waals surface area contributed by atoms with Gasteiger partial charge < -0.3 is 4.57 Å². The Hall–Kier alpha value is -3.33. The predicted octanol–water partition coefficient (Wildman–Crippen LogP) is 3.94. The molecule has 0 saturated heterocycles. The zero-order valence-electron chi connectivity index (χ0n) is 18.4. The molecule has 0 bridgehead atoms. The topological polar surface area (TPSA) is 102 Å². The van der Waals surface area contributed by atoms with Crippen molar-refractivity contribution in [2.75, 3.05) is 0 Å². The standard InChI is InChI=1S/C23H24N6O2S/c1-5-29-13(4)25-16-10-15(8-9-17(16)29)21(30)27-28-22(31)19-11(2)18-12(3)24-20(14-6-7-14)26-23(18)32-19/h8-10,14H,5-7H2,1-4H3,(H,27,30)(H,28,31). The van der Waals surface area contributed by atoms with Gasteiger partial charge in [0.2, 0.25) is 0 Å². The molecule has 3 aromatic heterocycles. The average molecular weight is 449 g/mol. The number of carbonyl (C=O) groups is 2. The van der Waals surface area contributed by atoms with Crippen molar-refractivity contribution in [1.29, 1.82) is 0 Å². The second kappa shape index (κ2) is 7.67. The van der Waals surface area contributed by atoms with Gasteiger partial charge in [-0.2, -0.15) is 0 Å². The molecule has 1 aromatic carbocycles. The van der Waals surface area contributed by atoms with Gasteiger partial charge in [0.1, 0.15) is 16.5 Å². The molecule has 2 N–H and O–H groups in total. The number of fused-ring (bicyclic) bond motifs is 2. The van der Waals surface area contributed by atoms with Crippen molar-refractivity contribution in [3.05, 3.63) is 51.5 Å². The molecule has 2 amide bonds. The third kappa shape index (κ3) is 3.42. The SMILES string of the molecule is CCn1c(C)nc2cc(C(=O)NNC(=O)c3sc4nc(C5CC5)nc(C)c4c3C)ccc21. The molecule has 1 aliphatic carbocycles. The van der Waals surface area contributed by atoms with Crippen LogP contribution in [0.1, 0.15) is 68.6 Å². The summed E-state index contributed by atoms with van der Waals surface area (Å²) in [6, 6.07) is 5.35. The summed E-state index contributed by atoms with van der Waals surface area (Å²) in [6.45, 7) is 8.65. The van der Waals surface area contributed by atoms with Crippen LogP contribution in [0.4, 0.5) is 0 Å². The van der Waals surface area contributed by atoms with E-state index in [1.54, 1.807) is 12.1 Å². The van der Waals surface area contributed by atoms with Crippen LogP contribution in [0.5, 0.6) is 0 Å². The summed E-state index contributed by atoms with van der Waals surface area (Å²) < 4.78 is 2.09. The highest BCUT2D eigenvalue weighted by molar-refractivity contribution is 7.20. The molecule has 0 aliphatic heterocycles. The Morgan fingerprint density at radius 3 is 2.56 bits per heavy atom. The Morgan fingerprint density at radius 1 is 1.09 bits per heavy atom. The third-order valence-corrected chi connectivity index (χ3v) is 7.13. The van der Waals surface area contributed by atoms with Crippen molar-refractivity contribution in [2.24, 2.45) is 0 Å². The molecular formula is C23H24N6O2S. The number of aromatic nitrogens is 4. The highest BCUT2D eigenvalue weighted by Crippen LogP contribution is 2.40. The van der Waals surface area contributed by atoms with E-state index < -0.39 is 5.91 Å². The van der Waals surface area contributed by atoms with Gasteiger partial charge in [0.05, 0.1) is 21.6 Å². The monoisotopic (exact) mass is 448 g/mol. The second-order valence-corrected chi connectivity index (χ2v) is 9.19. The maximum absolute atomic E-state index is 12.8.